The maximum Gasteiger partial charge on any atom is 0.235 e. The van der Waals surface area contributed by atoms with Gasteiger partial charge in [-0.15, -0.1) is 0 Å². The molecule has 0 aromatic heterocycles. The van der Waals surface area contributed by atoms with Gasteiger partial charge in [0.1, 0.15) is 17.0 Å². The van der Waals surface area contributed by atoms with Gasteiger partial charge in [0.25, 0.3) is 0 Å². The van der Waals surface area contributed by atoms with Gasteiger partial charge in [0.15, 0.2) is 0 Å². The highest BCUT2D eigenvalue weighted by Gasteiger charge is 2.43. The highest BCUT2D eigenvalue weighted by molar-refractivity contribution is 5.53. The zero-order valence-electron chi connectivity index (χ0n) is 12.1. The third-order valence-corrected chi connectivity index (χ3v) is 3.82. The van der Waals surface area contributed by atoms with E-state index < -0.39 is 5.54 Å². The van der Waals surface area contributed by atoms with Gasteiger partial charge in [-0.25, -0.2) is 4.79 Å². The molecule has 0 heterocycles. The van der Waals surface area contributed by atoms with E-state index in [9.17, 15) is 4.79 Å². The average molecular weight is 277 g/mol. The molecule has 20 heavy (non-hydrogen) atoms. The number of hydrogen-bond acceptors (Lipinski definition) is 5. The minimum Gasteiger partial charge on any atom is -0.497 e. The Balaban J connectivity index is 2.61. The Bertz CT molecular complexity index is 531. The minimum absolute atomic E-state index is 0.416. The highest BCUT2D eigenvalue weighted by Crippen LogP contribution is 2.50. The third-order valence-electron chi connectivity index (χ3n) is 3.82. The number of rotatable bonds is 6. The number of carbonyl (C=O) groups excluding carboxylic acids is 1. The van der Waals surface area contributed by atoms with E-state index in [4.69, 9.17) is 14.2 Å². The van der Waals surface area contributed by atoms with Gasteiger partial charge in [0.05, 0.1) is 20.8 Å². The Hall–Kier alpha value is -1.84. The second-order valence-corrected chi connectivity index (χ2v) is 4.89. The Morgan fingerprint density at radius 1 is 1.25 bits per heavy atom. The lowest BCUT2D eigenvalue weighted by Crippen LogP contribution is -2.33. The van der Waals surface area contributed by atoms with E-state index in [2.05, 4.69) is 4.99 Å². The molecule has 0 unspecified atom stereocenters. The van der Waals surface area contributed by atoms with Crippen LogP contribution in [0.15, 0.2) is 17.1 Å². The van der Waals surface area contributed by atoms with Gasteiger partial charge >= 0.3 is 0 Å². The minimum atomic E-state index is -0.521. The summed E-state index contributed by atoms with van der Waals surface area (Å²) < 4.78 is 16.0. The lowest BCUT2D eigenvalue weighted by atomic mass is 9.70. The van der Waals surface area contributed by atoms with Gasteiger partial charge in [0.2, 0.25) is 6.08 Å². The molecule has 1 aromatic carbocycles. The topological polar surface area (TPSA) is 57.1 Å². The lowest BCUT2D eigenvalue weighted by Gasteiger charge is -2.39. The van der Waals surface area contributed by atoms with Crippen molar-refractivity contribution in [2.75, 3.05) is 21.3 Å². The van der Waals surface area contributed by atoms with Gasteiger partial charge in [0, 0.05) is 18.7 Å². The van der Waals surface area contributed by atoms with Crippen LogP contribution in [0.1, 0.15) is 30.4 Å². The zero-order chi connectivity index (χ0) is 14.6. The van der Waals surface area contributed by atoms with Gasteiger partial charge in [-0.05, 0) is 30.9 Å². The first-order valence-corrected chi connectivity index (χ1v) is 6.54. The van der Waals surface area contributed by atoms with Crippen LogP contribution in [-0.2, 0) is 21.7 Å². The molecule has 1 fully saturated rings. The Morgan fingerprint density at radius 2 is 2.00 bits per heavy atom. The molecule has 0 amide bonds. The number of methoxy groups -OCH3 is 3. The summed E-state index contributed by atoms with van der Waals surface area (Å²) in [5.41, 5.74) is 1.33. The molecule has 1 aromatic rings. The largest absolute Gasteiger partial charge is 0.497 e. The van der Waals surface area contributed by atoms with Crippen LogP contribution in [0.2, 0.25) is 0 Å². The summed E-state index contributed by atoms with van der Waals surface area (Å²) in [5.74, 6) is 1.37. The van der Waals surface area contributed by atoms with Crippen molar-refractivity contribution in [1.29, 1.82) is 0 Å². The normalized spacial score (nSPS) is 15.9. The van der Waals surface area contributed by atoms with Crippen LogP contribution in [0.25, 0.3) is 0 Å². The van der Waals surface area contributed by atoms with Crippen molar-refractivity contribution < 1.29 is 19.0 Å². The molecule has 0 atom stereocenters. The fourth-order valence-corrected chi connectivity index (χ4v) is 2.74. The Kier molecular flexibility index (Phi) is 4.42. The fourth-order valence-electron chi connectivity index (χ4n) is 2.74. The van der Waals surface area contributed by atoms with Gasteiger partial charge in [-0.3, -0.25) is 0 Å². The molecule has 0 bridgehead atoms. The summed E-state index contributed by atoms with van der Waals surface area (Å²) >= 11 is 0. The van der Waals surface area contributed by atoms with Crippen LogP contribution in [0, 0.1) is 0 Å². The molecule has 0 spiro atoms. The molecule has 5 heteroatoms. The van der Waals surface area contributed by atoms with E-state index in [1.165, 1.54) is 0 Å². The maximum absolute atomic E-state index is 10.8. The molecule has 2 rings (SSSR count). The van der Waals surface area contributed by atoms with Crippen molar-refractivity contribution in [1.82, 2.24) is 0 Å². The molecule has 1 saturated carbocycles. The molecule has 0 saturated heterocycles. The number of nitrogens with zero attached hydrogens (tertiary/aromatic N) is 1. The predicted octanol–water partition coefficient (Wildman–Crippen LogP) is 2.57. The SMILES string of the molecule is COCc1cc(OC)cc(OC)c1C1(N=C=O)CCC1. The van der Waals surface area contributed by atoms with Crippen LogP contribution in [0.4, 0.5) is 0 Å². The summed E-state index contributed by atoms with van der Waals surface area (Å²) in [6, 6.07) is 3.72. The van der Waals surface area contributed by atoms with Crippen molar-refractivity contribution >= 4 is 6.08 Å². The molecule has 5 nitrogen and oxygen atoms in total. The monoisotopic (exact) mass is 277 g/mol. The van der Waals surface area contributed by atoms with Crippen LogP contribution in [0.3, 0.4) is 0 Å². The van der Waals surface area contributed by atoms with Crippen molar-refractivity contribution in [3.63, 3.8) is 0 Å². The van der Waals surface area contributed by atoms with Crippen LogP contribution in [0.5, 0.6) is 11.5 Å². The average Bonchev–Trinajstić information content (AvgIpc) is 2.43. The van der Waals surface area contributed by atoms with Crippen molar-refractivity contribution in [2.45, 2.75) is 31.4 Å². The fraction of sp³-hybridized carbons (Fsp3) is 0.533. The Morgan fingerprint density at radius 3 is 2.45 bits per heavy atom. The van der Waals surface area contributed by atoms with E-state index in [1.807, 2.05) is 12.1 Å². The van der Waals surface area contributed by atoms with Crippen LogP contribution in [-0.4, -0.2) is 27.4 Å². The molecule has 0 aliphatic heterocycles. The third kappa shape index (κ3) is 2.42. The quantitative estimate of drug-likeness (QED) is 0.592. The predicted molar refractivity (Wildman–Crippen MR) is 73.9 cm³/mol. The summed E-state index contributed by atoms with van der Waals surface area (Å²) in [6.07, 6.45) is 4.38. The van der Waals surface area contributed by atoms with Gasteiger partial charge in [-0.2, -0.15) is 4.99 Å². The molecule has 0 radical (unpaired) electrons. The second kappa shape index (κ2) is 6.07. The lowest BCUT2D eigenvalue weighted by molar-refractivity contribution is 0.176. The van der Waals surface area contributed by atoms with E-state index in [0.717, 1.165) is 30.4 Å². The van der Waals surface area contributed by atoms with E-state index in [0.29, 0.717) is 18.1 Å². The van der Waals surface area contributed by atoms with Gasteiger partial charge < -0.3 is 14.2 Å². The van der Waals surface area contributed by atoms with Gasteiger partial charge in [-0.1, -0.05) is 0 Å². The van der Waals surface area contributed by atoms with E-state index in [-0.39, 0.29) is 0 Å². The highest BCUT2D eigenvalue weighted by atomic mass is 16.5. The first-order chi connectivity index (χ1) is 9.70. The van der Waals surface area contributed by atoms with Crippen LogP contribution < -0.4 is 9.47 Å². The summed E-state index contributed by atoms with van der Waals surface area (Å²) in [7, 11) is 4.84. The van der Waals surface area contributed by atoms with E-state index >= 15 is 0 Å². The molecule has 0 N–H and O–H groups in total. The summed E-state index contributed by atoms with van der Waals surface area (Å²) in [5, 5.41) is 0. The number of isocyanates is 1. The molecule has 1 aliphatic rings. The molecule has 108 valence electrons. The Labute approximate surface area is 118 Å². The first-order valence-electron chi connectivity index (χ1n) is 6.54. The molecular formula is C15H19NO4. The van der Waals surface area contributed by atoms with Crippen molar-refractivity contribution in [3.8, 4) is 11.5 Å². The molecular weight excluding hydrogens is 258 g/mol. The standard InChI is InChI=1S/C15H19NO4/c1-18-9-11-7-12(19-2)8-13(20-3)14(11)15(16-10-17)5-4-6-15/h7-8H,4-6,9H2,1-3H3. The number of ether oxygens (including phenoxy) is 3. The first kappa shape index (κ1) is 14.6. The summed E-state index contributed by atoms with van der Waals surface area (Å²) in [4.78, 5) is 14.8. The number of aliphatic imine (C=N–C) groups is 1. The number of hydrogen-bond donors (Lipinski definition) is 0. The van der Waals surface area contributed by atoms with Crippen molar-refractivity contribution in [2.24, 2.45) is 4.99 Å². The maximum atomic E-state index is 10.8. The second-order valence-electron chi connectivity index (χ2n) is 4.89. The smallest absolute Gasteiger partial charge is 0.235 e. The van der Waals surface area contributed by atoms with Crippen LogP contribution >= 0.6 is 0 Å². The van der Waals surface area contributed by atoms with Crippen molar-refractivity contribution in [3.05, 3.63) is 23.3 Å². The molecule has 1 aliphatic carbocycles. The zero-order valence-corrected chi connectivity index (χ0v) is 12.1. The summed E-state index contributed by atoms with van der Waals surface area (Å²) in [6.45, 7) is 0.416. The van der Waals surface area contributed by atoms with E-state index in [1.54, 1.807) is 27.4 Å². The number of benzene rings is 1.